The molecular weight excluding hydrogens is 284 g/mol. The molecule has 1 unspecified atom stereocenters. The summed E-state index contributed by atoms with van der Waals surface area (Å²) in [5, 5.41) is 2.08. The minimum Gasteiger partial charge on any atom is -0.383 e. The molecule has 0 aromatic carbocycles. The van der Waals surface area contributed by atoms with Crippen molar-refractivity contribution >= 4 is 22.1 Å². The fraction of sp³-hybridized carbons (Fsp3) is 0.667. The van der Waals surface area contributed by atoms with Gasteiger partial charge in [-0.25, -0.2) is 4.98 Å². The third-order valence-corrected chi connectivity index (χ3v) is 5.08. The van der Waals surface area contributed by atoms with Crippen LogP contribution in [0.1, 0.15) is 25.5 Å². The highest BCUT2D eigenvalue weighted by molar-refractivity contribution is 7.15. The van der Waals surface area contributed by atoms with Gasteiger partial charge in [0.25, 0.3) is 0 Å². The Morgan fingerprint density at radius 1 is 1.57 bits per heavy atom. The van der Waals surface area contributed by atoms with E-state index in [4.69, 9.17) is 15.5 Å². The van der Waals surface area contributed by atoms with E-state index >= 15 is 0 Å². The molecule has 2 N–H and O–H groups in total. The summed E-state index contributed by atoms with van der Waals surface area (Å²) in [6.07, 6.45) is 5.62. The Labute approximate surface area is 129 Å². The van der Waals surface area contributed by atoms with Crippen LogP contribution in [-0.2, 0) is 11.2 Å². The van der Waals surface area contributed by atoms with E-state index in [9.17, 15) is 0 Å². The molecule has 0 amide bonds. The average molecular weight is 308 g/mol. The van der Waals surface area contributed by atoms with Crippen molar-refractivity contribution in [3.63, 3.8) is 0 Å². The third kappa shape index (κ3) is 2.93. The Morgan fingerprint density at radius 3 is 3.05 bits per heavy atom. The quantitative estimate of drug-likeness (QED) is 0.812. The number of ether oxygens (including phenoxy) is 1. The number of methoxy groups -OCH3 is 1. The topological polar surface area (TPSA) is 55.8 Å². The molecule has 0 saturated heterocycles. The van der Waals surface area contributed by atoms with E-state index in [1.54, 1.807) is 18.4 Å². The first-order valence-electron chi connectivity index (χ1n) is 7.66. The van der Waals surface area contributed by atoms with Crippen molar-refractivity contribution < 1.29 is 4.74 Å². The molecule has 1 fully saturated rings. The van der Waals surface area contributed by atoms with Crippen molar-refractivity contribution in [2.24, 2.45) is 11.7 Å². The largest absolute Gasteiger partial charge is 0.383 e. The van der Waals surface area contributed by atoms with Gasteiger partial charge in [0.2, 0.25) is 0 Å². The summed E-state index contributed by atoms with van der Waals surface area (Å²) < 4.78 is 7.49. The van der Waals surface area contributed by atoms with Crippen LogP contribution in [0.15, 0.2) is 11.6 Å². The molecule has 1 saturated carbocycles. The fourth-order valence-corrected chi connectivity index (χ4v) is 3.67. The zero-order valence-corrected chi connectivity index (χ0v) is 13.6. The van der Waals surface area contributed by atoms with Gasteiger partial charge in [0.05, 0.1) is 12.3 Å². The van der Waals surface area contributed by atoms with E-state index in [1.807, 2.05) is 0 Å². The molecule has 2 aromatic heterocycles. The number of hydrogen-bond donors (Lipinski definition) is 1. The van der Waals surface area contributed by atoms with E-state index in [0.717, 1.165) is 36.3 Å². The lowest BCUT2D eigenvalue weighted by atomic mass is 10.1. The fourth-order valence-electron chi connectivity index (χ4n) is 2.95. The molecule has 0 radical (unpaired) electrons. The maximum Gasteiger partial charge on any atom is 0.195 e. The van der Waals surface area contributed by atoms with Gasteiger partial charge in [-0.15, -0.1) is 11.3 Å². The highest BCUT2D eigenvalue weighted by Crippen LogP contribution is 2.38. The van der Waals surface area contributed by atoms with Gasteiger partial charge < -0.3 is 15.4 Å². The summed E-state index contributed by atoms with van der Waals surface area (Å²) in [5.41, 5.74) is 7.05. The second kappa shape index (κ2) is 6.34. The number of thiazole rings is 1. The van der Waals surface area contributed by atoms with Gasteiger partial charge in [-0.2, -0.15) is 0 Å². The van der Waals surface area contributed by atoms with Crippen LogP contribution in [0.2, 0.25) is 0 Å². The van der Waals surface area contributed by atoms with E-state index in [0.29, 0.717) is 12.6 Å². The van der Waals surface area contributed by atoms with Gasteiger partial charge in [-0.3, -0.25) is 4.40 Å². The number of rotatable bonds is 8. The Morgan fingerprint density at radius 2 is 2.38 bits per heavy atom. The van der Waals surface area contributed by atoms with Crippen LogP contribution in [0.3, 0.4) is 0 Å². The van der Waals surface area contributed by atoms with Gasteiger partial charge in [0.1, 0.15) is 0 Å². The summed E-state index contributed by atoms with van der Waals surface area (Å²) in [4.78, 5) is 8.35. The van der Waals surface area contributed by atoms with Gasteiger partial charge in [-0.1, -0.05) is 0 Å². The normalized spacial score (nSPS) is 16.5. The molecule has 1 aliphatic rings. The monoisotopic (exact) mass is 308 g/mol. The Balaban J connectivity index is 1.96. The number of nitrogens with zero attached hydrogens (tertiary/aromatic N) is 3. The molecule has 2 heterocycles. The molecule has 0 aliphatic heterocycles. The second-order valence-corrected chi connectivity index (χ2v) is 6.61. The van der Waals surface area contributed by atoms with E-state index < -0.39 is 0 Å². The SMILES string of the molecule is COCCN(c1nc2sccn2c1CCN)C(C)C1CC1. The minimum absolute atomic E-state index is 0.515. The maximum absolute atomic E-state index is 5.82. The van der Waals surface area contributed by atoms with Crippen LogP contribution >= 0.6 is 11.3 Å². The molecule has 21 heavy (non-hydrogen) atoms. The van der Waals surface area contributed by atoms with Crippen molar-refractivity contribution in [3.05, 3.63) is 17.3 Å². The number of aromatic nitrogens is 2. The van der Waals surface area contributed by atoms with E-state index in [2.05, 4.69) is 27.8 Å². The molecule has 5 nitrogen and oxygen atoms in total. The summed E-state index contributed by atoms with van der Waals surface area (Å²) in [5.74, 6) is 1.90. The molecule has 0 spiro atoms. The Bertz CT molecular complexity index is 590. The van der Waals surface area contributed by atoms with Crippen LogP contribution < -0.4 is 10.6 Å². The molecule has 6 heteroatoms. The first-order chi connectivity index (χ1) is 10.3. The summed E-state index contributed by atoms with van der Waals surface area (Å²) >= 11 is 1.68. The van der Waals surface area contributed by atoms with Crippen LogP contribution in [-0.4, -0.2) is 42.2 Å². The first-order valence-corrected chi connectivity index (χ1v) is 8.54. The number of imidazole rings is 1. The molecule has 116 valence electrons. The standard InChI is InChI=1S/C15H24N4OS/c1-11(12-3-4-12)18(7-9-20-2)14-13(5-6-16)19-8-10-21-15(19)17-14/h8,10-12H,3-7,9,16H2,1-2H3. The predicted molar refractivity (Wildman–Crippen MR) is 87.2 cm³/mol. The summed E-state index contributed by atoms with van der Waals surface area (Å²) in [6, 6.07) is 0.515. The number of hydrogen-bond acceptors (Lipinski definition) is 5. The van der Waals surface area contributed by atoms with Crippen molar-refractivity contribution in [2.45, 2.75) is 32.2 Å². The smallest absolute Gasteiger partial charge is 0.195 e. The highest BCUT2D eigenvalue weighted by Gasteiger charge is 2.34. The van der Waals surface area contributed by atoms with Gasteiger partial charge >= 0.3 is 0 Å². The predicted octanol–water partition coefficient (Wildman–Crippen LogP) is 2.15. The van der Waals surface area contributed by atoms with Crippen LogP contribution in [0.4, 0.5) is 5.82 Å². The van der Waals surface area contributed by atoms with Gasteiger partial charge in [-0.05, 0) is 32.2 Å². The summed E-state index contributed by atoms with van der Waals surface area (Å²) in [7, 11) is 1.76. The van der Waals surface area contributed by atoms with Crippen LogP contribution in [0, 0.1) is 5.92 Å². The number of nitrogens with two attached hydrogens (primary N) is 1. The lowest BCUT2D eigenvalue weighted by molar-refractivity contribution is 0.202. The molecule has 1 atom stereocenters. The number of anilines is 1. The first kappa shape index (κ1) is 14.8. The molecular formula is C15H24N4OS. The third-order valence-electron chi connectivity index (χ3n) is 4.33. The van der Waals surface area contributed by atoms with Crippen molar-refractivity contribution in [3.8, 4) is 0 Å². The lowest BCUT2D eigenvalue weighted by Gasteiger charge is -2.30. The van der Waals surface area contributed by atoms with Crippen molar-refractivity contribution in [2.75, 3.05) is 31.7 Å². The zero-order valence-electron chi connectivity index (χ0n) is 12.8. The van der Waals surface area contributed by atoms with Crippen molar-refractivity contribution in [1.29, 1.82) is 0 Å². The molecule has 1 aliphatic carbocycles. The average Bonchev–Trinajstić information content (AvgIpc) is 3.15. The Hall–Kier alpha value is -1.11. The zero-order chi connectivity index (χ0) is 14.8. The Kier molecular flexibility index (Phi) is 4.47. The van der Waals surface area contributed by atoms with E-state index in [-0.39, 0.29) is 0 Å². The van der Waals surface area contributed by atoms with Crippen molar-refractivity contribution in [1.82, 2.24) is 9.38 Å². The van der Waals surface area contributed by atoms with Gasteiger partial charge in [0, 0.05) is 37.7 Å². The molecule has 0 bridgehead atoms. The highest BCUT2D eigenvalue weighted by atomic mass is 32.1. The van der Waals surface area contributed by atoms with Crippen LogP contribution in [0.5, 0.6) is 0 Å². The summed E-state index contributed by atoms with van der Waals surface area (Å²) in [6.45, 7) is 4.57. The molecule has 2 aromatic rings. The second-order valence-electron chi connectivity index (χ2n) is 5.74. The van der Waals surface area contributed by atoms with E-state index in [1.165, 1.54) is 18.5 Å². The minimum atomic E-state index is 0.515. The van der Waals surface area contributed by atoms with Crippen LogP contribution in [0.25, 0.3) is 4.96 Å². The number of fused-ring (bicyclic) bond motifs is 1. The lowest BCUT2D eigenvalue weighted by Crippen LogP contribution is -2.38. The van der Waals surface area contributed by atoms with Gasteiger partial charge in [0.15, 0.2) is 10.8 Å². The molecule has 3 rings (SSSR count). The maximum atomic E-state index is 5.82.